The number of hydrogen-bond donors (Lipinski definition) is 0. The monoisotopic (exact) mass is 551 g/mol. The van der Waals surface area contributed by atoms with E-state index < -0.39 is 6.36 Å². The Hall–Kier alpha value is -2.45. The number of methoxy groups -OCH3 is 1. The van der Waals surface area contributed by atoms with Crippen LogP contribution in [-0.2, 0) is 22.5 Å². The highest BCUT2D eigenvalue weighted by molar-refractivity contribution is 6.30. The summed E-state index contributed by atoms with van der Waals surface area (Å²) in [6.07, 6.45) is 0.835. The number of fused-ring (bicyclic) bond motifs is 1. The minimum absolute atomic E-state index is 0.113. The Bertz CT molecular complexity index is 1170. The molecule has 5 rings (SSSR count). The molecule has 0 unspecified atom stereocenters. The van der Waals surface area contributed by atoms with Crippen LogP contribution in [0.2, 0.25) is 5.02 Å². The van der Waals surface area contributed by atoms with Crippen LogP contribution in [0.3, 0.4) is 0 Å². The first-order valence-corrected chi connectivity index (χ1v) is 13.6. The average molecular weight is 552 g/mol. The van der Waals surface area contributed by atoms with Crippen LogP contribution >= 0.6 is 11.6 Å². The van der Waals surface area contributed by atoms with Gasteiger partial charge < -0.3 is 14.2 Å². The van der Waals surface area contributed by atoms with Gasteiger partial charge in [-0.1, -0.05) is 30.7 Å². The molecular formula is C29H33ClF3NO4. The summed E-state index contributed by atoms with van der Waals surface area (Å²) in [5.74, 6) is 0.865. The first-order valence-electron chi connectivity index (χ1n) is 13.2. The molecule has 0 N–H and O–H groups in total. The van der Waals surface area contributed by atoms with E-state index in [2.05, 4.69) is 27.8 Å². The quantitative estimate of drug-likeness (QED) is 0.350. The maximum absolute atomic E-state index is 12.9. The zero-order chi connectivity index (χ0) is 27.1. The molecule has 0 radical (unpaired) electrons. The van der Waals surface area contributed by atoms with Gasteiger partial charge in [0.05, 0.1) is 13.0 Å². The van der Waals surface area contributed by atoms with E-state index in [9.17, 15) is 18.0 Å². The number of carbonyl (C=O) groups is 1. The van der Waals surface area contributed by atoms with Crippen molar-refractivity contribution in [3.05, 3.63) is 58.1 Å². The summed E-state index contributed by atoms with van der Waals surface area (Å²) in [5, 5.41) is 0.372. The lowest BCUT2D eigenvalue weighted by molar-refractivity contribution is -0.275. The van der Waals surface area contributed by atoms with Crippen molar-refractivity contribution < 1.29 is 32.2 Å². The summed E-state index contributed by atoms with van der Waals surface area (Å²) in [6, 6.07) is 10.6. The van der Waals surface area contributed by atoms with Gasteiger partial charge in [0, 0.05) is 30.2 Å². The van der Waals surface area contributed by atoms with Gasteiger partial charge in [-0.25, -0.2) is 0 Å². The zero-order valence-electron chi connectivity index (χ0n) is 21.7. The predicted molar refractivity (Wildman–Crippen MR) is 137 cm³/mol. The highest BCUT2D eigenvalue weighted by Crippen LogP contribution is 2.49. The van der Waals surface area contributed by atoms with Gasteiger partial charge in [-0.05, 0) is 85.8 Å². The van der Waals surface area contributed by atoms with E-state index in [0.717, 1.165) is 49.8 Å². The van der Waals surface area contributed by atoms with E-state index in [0.29, 0.717) is 36.1 Å². The van der Waals surface area contributed by atoms with Crippen LogP contribution in [-0.4, -0.2) is 43.0 Å². The molecule has 9 heteroatoms. The second-order valence-corrected chi connectivity index (χ2v) is 11.3. The summed E-state index contributed by atoms with van der Waals surface area (Å²) in [4.78, 5) is 14.5. The van der Waals surface area contributed by atoms with Gasteiger partial charge in [0.15, 0.2) is 0 Å². The van der Waals surface area contributed by atoms with Crippen molar-refractivity contribution in [2.75, 3.05) is 20.2 Å². The van der Waals surface area contributed by atoms with E-state index in [1.54, 1.807) is 0 Å². The molecule has 5 nitrogen and oxygen atoms in total. The molecule has 1 spiro atoms. The third-order valence-corrected chi connectivity index (χ3v) is 8.54. The average Bonchev–Trinajstić information content (AvgIpc) is 3.71. The highest BCUT2D eigenvalue weighted by atomic mass is 35.5. The number of carbonyl (C=O) groups excluding carboxylic acids is 1. The molecule has 2 heterocycles. The van der Waals surface area contributed by atoms with Crippen molar-refractivity contribution in [2.24, 2.45) is 11.8 Å². The molecule has 0 bridgehead atoms. The molecule has 38 heavy (non-hydrogen) atoms. The third kappa shape index (κ3) is 6.07. The molecule has 0 aromatic heterocycles. The normalized spacial score (nSPS) is 20.8. The third-order valence-electron chi connectivity index (χ3n) is 8.30. The fraction of sp³-hybridized carbons (Fsp3) is 0.552. The number of esters is 1. The lowest BCUT2D eigenvalue weighted by atomic mass is 9.80. The van der Waals surface area contributed by atoms with Gasteiger partial charge in [0.25, 0.3) is 0 Å². The number of alkyl halides is 3. The van der Waals surface area contributed by atoms with E-state index in [1.807, 2.05) is 6.92 Å². The number of nitrogens with zero attached hydrogens (tertiary/aromatic N) is 1. The predicted octanol–water partition coefficient (Wildman–Crippen LogP) is 6.90. The van der Waals surface area contributed by atoms with Crippen LogP contribution in [0.1, 0.15) is 61.6 Å². The largest absolute Gasteiger partial charge is 0.573 e. The summed E-state index contributed by atoms with van der Waals surface area (Å²) >= 11 is 6.07. The zero-order valence-corrected chi connectivity index (χ0v) is 22.4. The first kappa shape index (κ1) is 27.1. The van der Waals surface area contributed by atoms with Gasteiger partial charge >= 0.3 is 12.3 Å². The van der Waals surface area contributed by atoms with E-state index in [4.69, 9.17) is 21.1 Å². The smallest absolute Gasteiger partial charge is 0.487 e. The Labute approximate surface area is 226 Å². The van der Waals surface area contributed by atoms with Gasteiger partial charge in [-0.3, -0.25) is 9.69 Å². The molecule has 1 saturated carbocycles. The molecule has 1 aliphatic carbocycles. The number of aryl methyl sites for hydroxylation is 1. The molecular weight excluding hydrogens is 519 g/mol. The van der Waals surface area contributed by atoms with Crippen LogP contribution in [0.4, 0.5) is 13.2 Å². The Morgan fingerprint density at radius 1 is 1.16 bits per heavy atom. The van der Waals surface area contributed by atoms with E-state index >= 15 is 0 Å². The van der Waals surface area contributed by atoms with Gasteiger partial charge in [0.1, 0.15) is 17.1 Å². The second kappa shape index (κ2) is 10.6. The van der Waals surface area contributed by atoms with E-state index in [1.165, 1.54) is 30.9 Å². The minimum atomic E-state index is -4.76. The fourth-order valence-corrected chi connectivity index (χ4v) is 6.29. The van der Waals surface area contributed by atoms with Crippen molar-refractivity contribution in [1.29, 1.82) is 0 Å². The fourth-order valence-electron chi connectivity index (χ4n) is 6.09. The van der Waals surface area contributed by atoms with Gasteiger partial charge in [-0.15, -0.1) is 13.2 Å². The summed E-state index contributed by atoms with van der Waals surface area (Å²) in [7, 11) is 1.44. The lowest BCUT2D eigenvalue weighted by Gasteiger charge is -2.45. The maximum Gasteiger partial charge on any atom is 0.573 e. The van der Waals surface area contributed by atoms with Crippen LogP contribution < -0.4 is 9.47 Å². The van der Waals surface area contributed by atoms with Crippen LogP contribution in [0.25, 0.3) is 0 Å². The number of likely N-dealkylation sites (tertiary alicyclic amines) is 1. The van der Waals surface area contributed by atoms with Crippen LogP contribution in [0, 0.1) is 11.8 Å². The first-order chi connectivity index (χ1) is 18.1. The Morgan fingerprint density at radius 2 is 1.89 bits per heavy atom. The molecule has 1 saturated heterocycles. The molecule has 2 aliphatic heterocycles. The minimum Gasteiger partial charge on any atom is -0.487 e. The summed E-state index contributed by atoms with van der Waals surface area (Å²) in [5.41, 5.74) is 2.41. The van der Waals surface area contributed by atoms with Crippen LogP contribution in [0.15, 0.2) is 36.4 Å². The van der Waals surface area contributed by atoms with Crippen molar-refractivity contribution >= 4 is 17.6 Å². The van der Waals surface area contributed by atoms with Crippen LogP contribution in [0.5, 0.6) is 11.5 Å². The SMILES string of the molecule is COC(=O)[C@@H](C)[C@H](c1ccc2c(c1)OC1(CC2)CCN(Cc2cc(Cl)ccc2OC(F)(F)F)CC1)C1CC1. The molecule has 3 aliphatic rings. The van der Waals surface area contributed by atoms with Gasteiger partial charge in [-0.2, -0.15) is 0 Å². The number of rotatable bonds is 7. The number of hydrogen-bond acceptors (Lipinski definition) is 5. The lowest BCUT2D eigenvalue weighted by Crippen LogP contribution is -2.49. The molecule has 2 aromatic rings. The van der Waals surface area contributed by atoms with Crippen molar-refractivity contribution in [3.63, 3.8) is 0 Å². The Kier molecular flexibility index (Phi) is 7.57. The molecule has 2 fully saturated rings. The van der Waals surface area contributed by atoms with Crippen molar-refractivity contribution in [2.45, 2.75) is 69.9 Å². The Balaban J connectivity index is 1.27. The standard InChI is InChI=1S/C29H33ClF3NO4/c1-18(27(35)36-2)26(20-4-5-20)21-6-3-19-9-10-28(37-25(19)16-21)11-13-34(14-12-28)17-22-15-23(30)7-8-24(22)38-29(31,32)33/h3,6-8,15-16,18,20,26H,4-5,9-14,17H2,1-2H3/t18-,26-/m0/s1. The summed E-state index contributed by atoms with van der Waals surface area (Å²) in [6.45, 7) is 3.64. The molecule has 0 amide bonds. The van der Waals surface area contributed by atoms with Crippen molar-refractivity contribution in [1.82, 2.24) is 4.90 Å². The highest BCUT2D eigenvalue weighted by Gasteiger charge is 2.42. The topological polar surface area (TPSA) is 48.0 Å². The number of halogens is 4. The second-order valence-electron chi connectivity index (χ2n) is 10.9. The number of ether oxygens (including phenoxy) is 3. The van der Waals surface area contributed by atoms with Crippen molar-refractivity contribution in [3.8, 4) is 11.5 Å². The molecule has 2 aromatic carbocycles. The number of benzene rings is 2. The molecule has 2 atom stereocenters. The van der Waals surface area contributed by atoms with Gasteiger partial charge in [0.2, 0.25) is 0 Å². The summed E-state index contributed by atoms with van der Waals surface area (Å²) < 4.78 is 54.6. The maximum atomic E-state index is 12.9. The molecule has 206 valence electrons. The number of piperidine rings is 1. The Morgan fingerprint density at radius 3 is 2.55 bits per heavy atom. The van der Waals surface area contributed by atoms with E-state index in [-0.39, 0.29) is 29.2 Å².